The average Bonchev–Trinajstić information content (AvgIpc) is 2.99. The number of nitrogens with one attached hydrogen (secondary N) is 1. The smallest absolute Gasteiger partial charge is 0.270 e. The van der Waals surface area contributed by atoms with E-state index in [2.05, 4.69) is 0 Å². The van der Waals surface area contributed by atoms with E-state index in [1.807, 2.05) is 19.1 Å². The molecule has 0 bridgehead atoms. The third kappa shape index (κ3) is 3.37. The quantitative estimate of drug-likeness (QED) is 0.654. The van der Waals surface area contributed by atoms with E-state index in [0.717, 1.165) is 32.1 Å². The molecule has 21 heavy (non-hydrogen) atoms. The fourth-order valence-corrected chi connectivity index (χ4v) is 3.57. The van der Waals surface area contributed by atoms with E-state index in [1.54, 1.807) is 11.0 Å². The maximum Gasteiger partial charge on any atom is 0.270 e. The molecule has 0 spiro atoms. The highest BCUT2D eigenvalue weighted by Crippen LogP contribution is 2.32. The Hall–Kier alpha value is -1.15. The molecule has 0 atom stereocenters. The Morgan fingerprint density at radius 2 is 2.19 bits per heavy atom. The first kappa shape index (κ1) is 14.8. The fraction of sp³-hybridized carbons (Fsp3) is 0.429. The zero-order chi connectivity index (χ0) is 14.8. The molecule has 1 aromatic rings. The number of morpholine rings is 1. The summed E-state index contributed by atoms with van der Waals surface area (Å²) in [5.74, 6) is 1.49. The summed E-state index contributed by atoms with van der Waals surface area (Å²) >= 11 is 6.68. The minimum absolute atomic E-state index is 0.0296. The van der Waals surface area contributed by atoms with Gasteiger partial charge in [0.1, 0.15) is 24.6 Å². The molecular formula is C14H17N2O3S2+. The van der Waals surface area contributed by atoms with Crippen LogP contribution in [0.4, 0.5) is 0 Å². The van der Waals surface area contributed by atoms with Crippen LogP contribution in [-0.4, -0.2) is 48.1 Å². The van der Waals surface area contributed by atoms with Crippen LogP contribution in [0, 0.1) is 6.92 Å². The van der Waals surface area contributed by atoms with Crippen molar-refractivity contribution in [1.82, 2.24) is 4.90 Å². The number of nitrogens with zero attached hydrogens (tertiary/aromatic N) is 1. The summed E-state index contributed by atoms with van der Waals surface area (Å²) in [4.78, 5) is 16.1. The second-order valence-electron chi connectivity index (χ2n) is 5.08. The van der Waals surface area contributed by atoms with Crippen LogP contribution in [0.15, 0.2) is 21.5 Å². The fourth-order valence-electron chi connectivity index (χ4n) is 2.34. The van der Waals surface area contributed by atoms with Crippen molar-refractivity contribution in [3.8, 4) is 0 Å². The Labute approximate surface area is 132 Å². The first-order chi connectivity index (χ1) is 10.1. The minimum Gasteiger partial charge on any atom is -0.462 e. The van der Waals surface area contributed by atoms with Crippen LogP contribution in [-0.2, 0) is 9.53 Å². The maximum absolute atomic E-state index is 12.5. The molecular weight excluding hydrogens is 308 g/mol. The van der Waals surface area contributed by atoms with Crippen LogP contribution in [0.1, 0.15) is 11.5 Å². The van der Waals surface area contributed by atoms with Crippen LogP contribution < -0.4 is 4.90 Å². The van der Waals surface area contributed by atoms with Gasteiger partial charge < -0.3 is 14.1 Å². The van der Waals surface area contributed by atoms with Crippen molar-refractivity contribution < 1.29 is 18.8 Å². The SMILES string of the molecule is Cc1ccc(/C=C2/SC(=S)N(C[NH+]3CCOCC3)C2=O)o1. The van der Waals surface area contributed by atoms with Gasteiger partial charge in [0.15, 0.2) is 11.0 Å². The highest BCUT2D eigenvalue weighted by atomic mass is 32.2. The van der Waals surface area contributed by atoms with Gasteiger partial charge in [-0.3, -0.25) is 4.79 Å². The molecule has 3 rings (SSSR count). The van der Waals surface area contributed by atoms with Crippen LogP contribution in [0.2, 0.25) is 0 Å². The van der Waals surface area contributed by atoms with Crippen molar-refractivity contribution in [3.05, 3.63) is 28.6 Å². The number of hydrogen-bond acceptors (Lipinski definition) is 5. The Morgan fingerprint density at radius 1 is 1.43 bits per heavy atom. The number of amides is 1. The number of ether oxygens (including phenoxy) is 1. The van der Waals surface area contributed by atoms with E-state index < -0.39 is 0 Å². The van der Waals surface area contributed by atoms with Crippen molar-refractivity contribution in [2.75, 3.05) is 33.0 Å². The van der Waals surface area contributed by atoms with E-state index >= 15 is 0 Å². The molecule has 1 N–H and O–H groups in total. The van der Waals surface area contributed by atoms with E-state index in [0.29, 0.717) is 21.7 Å². The first-order valence-corrected chi connectivity index (χ1v) is 8.09. The molecule has 1 amide bonds. The summed E-state index contributed by atoms with van der Waals surface area (Å²) in [6.07, 6.45) is 1.76. The van der Waals surface area contributed by atoms with Crippen molar-refractivity contribution in [2.45, 2.75) is 6.92 Å². The number of thiocarbonyl (C=S) groups is 1. The van der Waals surface area contributed by atoms with Gasteiger partial charge in [-0.15, -0.1) is 0 Å². The minimum atomic E-state index is -0.0296. The number of quaternary nitrogens is 1. The Morgan fingerprint density at radius 3 is 2.86 bits per heavy atom. The Balaban J connectivity index is 1.71. The Bertz CT molecular complexity index is 591. The number of aryl methyl sites for hydroxylation is 1. The lowest BCUT2D eigenvalue weighted by Crippen LogP contribution is -3.15. The summed E-state index contributed by atoms with van der Waals surface area (Å²) < 4.78 is 11.4. The predicted molar refractivity (Wildman–Crippen MR) is 84.8 cm³/mol. The summed E-state index contributed by atoms with van der Waals surface area (Å²) in [5.41, 5.74) is 0. The molecule has 2 aliphatic heterocycles. The topological polar surface area (TPSA) is 47.1 Å². The van der Waals surface area contributed by atoms with Gasteiger partial charge in [-0.25, -0.2) is 4.90 Å². The van der Waals surface area contributed by atoms with Crippen molar-refractivity contribution in [2.24, 2.45) is 0 Å². The summed E-state index contributed by atoms with van der Waals surface area (Å²) in [7, 11) is 0. The third-order valence-corrected chi connectivity index (χ3v) is 4.87. The number of carbonyl (C=O) groups excluding carboxylic acids is 1. The van der Waals surface area contributed by atoms with Gasteiger partial charge in [-0.1, -0.05) is 24.0 Å². The van der Waals surface area contributed by atoms with Gasteiger partial charge in [-0.2, -0.15) is 0 Å². The highest BCUT2D eigenvalue weighted by molar-refractivity contribution is 8.26. The zero-order valence-corrected chi connectivity index (χ0v) is 13.4. The molecule has 0 unspecified atom stereocenters. The van der Waals surface area contributed by atoms with Gasteiger partial charge in [-0.05, 0) is 19.1 Å². The lowest BCUT2D eigenvalue weighted by atomic mass is 10.3. The number of carbonyl (C=O) groups is 1. The molecule has 1 aromatic heterocycles. The largest absolute Gasteiger partial charge is 0.462 e. The zero-order valence-electron chi connectivity index (χ0n) is 11.8. The first-order valence-electron chi connectivity index (χ1n) is 6.86. The lowest BCUT2D eigenvalue weighted by Gasteiger charge is -2.27. The molecule has 0 aromatic carbocycles. The van der Waals surface area contributed by atoms with Crippen molar-refractivity contribution in [3.63, 3.8) is 0 Å². The van der Waals surface area contributed by atoms with Gasteiger partial charge in [0.05, 0.1) is 18.1 Å². The van der Waals surface area contributed by atoms with E-state index in [1.165, 1.54) is 16.7 Å². The number of hydrogen-bond donors (Lipinski definition) is 1. The molecule has 2 fully saturated rings. The van der Waals surface area contributed by atoms with Crippen molar-refractivity contribution >= 4 is 40.3 Å². The second kappa shape index (κ2) is 6.31. The summed E-state index contributed by atoms with van der Waals surface area (Å²) in [6, 6.07) is 3.74. The standard InChI is InChI=1S/C14H16N2O3S2/c1-10-2-3-11(19-10)8-12-13(17)16(14(20)21-12)9-15-4-6-18-7-5-15/h2-3,8H,4-7,9H2,1H3/p+1/b12-8+. The lowest BCUT2D eigenvalue weighted by molar-refractivity contribution is -0.914. The molecule has 0 aliphatic carbocycles. The molecule has 0 radical (unpaired) electrons. The highest BCUT2D eigenvalue weighted by Gasteiger charge is 2.35. The molecule has 5 nitrogen and oxygen atoms in total. The Kier molecular flexibility index (Phi) is 4.44. The van der Waals surface area contributed by atoms with Gasteiger partial charge >= 0.3 is 0 Å². The summed E-state index contributed by atoms with van der Waals surface area (Å²) in [6.45, 7) is 5.80. The molecule has 112 valence electrons. The van der Waals surface area contributed by atoms with E-state index in [9.17, 15) is 4.79 Å². The van der Waals surface area contributed by atoms with E-state index in [-0.39, 0.29) is 5.91 Å². The predicted octanol–water partition coefficient (Wildman–Crippen LogP) is 0.662. The number of furan rings is 1. The van der Waals surface area contributed by atoms with Gasteiger partial charge in [0.25, 0.3) is 5.91 Å². The van der Waals surface area contributed by atoms with Crippen LogP contribution in [0.5, 0.6) is 0 Å². The normalized spacial score (nSPS) is 22.5. The van der Waals surface area contributed by atoms with Gasteiger partial charge in [0, 0.05) is 6.08 Å². The molecule has 0 saturated carbocycles. The number of thioether (sulfide) groups is 1. The molecule has 2 saturated heterocycles. The van der Waals surface area contributed by atoms with Crippen molar-refractivity contribution in [1.29, 1.82) is 0 Å². The van der Waals surface area contributed by atoms with Crippen LogP contribution in [0.3, 0.4) is 0 Å². The molecule has 3 heterocycles. The average molecular weight is 325 g/mol. The van der Waals surface area contributed by atoms with Crippen LogP contribution >= 0.6 is 24.0 Å². The molecule has 7 heteroatoms. The maximum atomic E-state index is 12.5. The molecule has 2 aliphatic rings. The van der Waals surface area contributed by atoms with E-state index in [4.69, 9.17) is 21.4 Å². The third-order valence-electron chi connectivity index (χ3n) is 3.49. The number of rotatable bonds is 3. The summed E-state index contributed by atoms with van der Waals surface area (Å²) in [5, 5.41) is 0. The second-order valence-corrected chi connectivity index (χ2v) is 6.75. The van der Waals surface area contributed by atoms with Gasteiger partial charge in [0.2, 0.25) is 0 Å². The monoisotopic (exact) mass is 325 g/mol. The van der Waals surface area contributed by atoms with Crippen LogP contribution in [0.25, 0.3) is 6.08 Å².